The van der Waals surface area contributed by atoms with E-state index in [1.54, 1.807) is 0 Å². The lowest BCUT2D eigenvalue weighted by atomic mass is 9.80. The zero-order chi connectivity index (χ0) is 17.3. The molecule has 0 atom stereocenters. The normalized spacial score (nSPS) is 11.5. The molecule has 0 unspecified atom stereocenters. The van der Waals surface area contributed by atoms with Crippen molar-refractivity contribution in [3.05, 3.63) is 83.4 Å². The van der Waals surface area contributed by atoms with E-state index in [2.05, 4.69) is 101 Å². The van der Waals surface area contributed by atoms with Crippen molar-refractivity contribution in [1.82, 2.24) is 0 Å². The molecule has 0 amide bonds. The van der Waals surface area contributed by atoms with Crippen LogP contribution in [0.4, 0.5) is 0 Å². The van der Waals surface area contributed by atoms with Crippen LogP contribution in [0.3, 0.4) is 0 Å². The summed E-state index contributed by atoms with van der Waals surface area (Å²) < 4.78 is 0. The van der Waals surface area contributed by atoms with Crippen molar-refractivity contribution in [2.24, 2.45) is 0 Å². The molecule has 0 saturated carbocycles. The molecular formula is C24H26. The summed E-state index contributed by atoms with van der Waals surface area (Å²) in [6, 6.07) is 24.3. The molecular weight excluding hydrogens is 288 g/mol. The van der Waals surface area contributed by atoms with E-state index in [-0.39, 0.29) is 5.41 Å². The van der Waals surface area contributed by atoms with Crippen LogP contribution in [0.25, 0.3) is 22.3 Å². The zero-order valence-corrected chi connectivity index (χ0v) is 15.4. The molecule has 0 aliphatic rings. The van der Waals surface area contributed by atoms with Gasteiger partial charge in [0.25, 0.3) is 0 Å². The Balaban J connectivity index is 2.16. The predicted octanol–water partition coefficient (Wildman–Crippen LogP) is 6.93. The van der Waals surface area contributed by atoms with Gasteiger partial charge in [-0.1, -0.05) is 87.5 Å². The van der Waals surface area contributed by atoms with E-state index in [0.29, 0.717) is 0 Å². The van der Waals surface area contributed by atoms with E-state index in [4.69, 9.17) is 0 Å². The van der Waals surface area contributed by atoms with Crippen molar-refractivity contribution in [3.8, 4) is 22.3 Å². The van der Waals surface area contributed by atoms with Crippen LogP contribution < -0.4 is 0 Å². The molecule has 0 aliphatic heterocycles. The van der Waals surface area contributed by atoms with Gasteiger partial charge in [-0.15, -0.1) is 0 Å². The van der Waals surface area contributed by atoms with Crippen molar-refractivity contribution < 1.29 is 0 Å². The maximum Gasteiger partial charge on any atom is -0.0125 e. The molecule has 0 N–H and O–H groups in total. The first-order valence-electron chi connectivity index (χ1n) is 8.64. The summed E-state index contributed by atoms with van der Waals surface area (Å²) in [5.41, 5.74) is 9.38. The summed E-state index contributed by atoms with van der Waals surface area (Å²) in [6.07, 6.45) is 0. The smallest absolute Gasteiger partial charge is 0.0125 e. The van der Waals surface area contributed by atoms with Crippen LogP contribution in [0.15, 0.2) is 66.7 Å². The first kappa shape index (κ1) is 16.5. The van der Waals surface area contributed by atoms with Gasteiger partial charge in [0.05, 0.1) is 0 Å². The Hall–Kier alpha value is -2.34. The maximum absolute atomic E-state index is 2.37. The van der Waals surface area contributed by atoms with Gasteiger partial charge in [-0.25, -0.2) is 0 Å². The lowest BCUT2D eigenvalue weighted by molar-refractivity contribution is 0.592. The van der Waals surface area contributed by atoms with Crippen molar-refractivity contribution in [2.45, 2.75) is 40.0 Å². The Kier molecular flexibility index (Phi) is 4.32. The zero-order valence-electron chi connectivity index (χ0n) is 15.4. The van der Waals surface area contributed by atoms with Gasteiger partial charge in [0, 0.05) is 0 Å². The largest absolute Gasteiger partial charge is 0.0622 e. The molecule has 3 aromatic rings. The topological polar surface area (TPSA) is 0 Å². The van der Waals surface area contributed by atoms with E-state index in [1.165, 1.54) is 38.9 Å². The summed E-state index contributed by atoms with van der Waals surface area (Å²) in [5, 5.41) is 0. The fourth-order valence-corrected chi connectivity index (χ4v) is 3.13. The van der Waals surface area contributed by atoms with Gasteiger partial charge >= 0.3 is 0 Å². The highest BCUT2D eigenvalue weighted by Gasteiger charge is 2.19. The lowest BCUT2D eigenvalue weighted by Crippen LogP contribution is -2.13. The third-order valence-corrected chi connectivity index (χ3v) is 4.75. The summed E-state index contributed by atoms with van der Waals surface area (Å²) in [4.78, 5) is 0. The fourth-order valence-electron chi connectivity index (χ4n) is 3.13. The van der Waals surface area contributed by atoms with Crippen LogP contribution in [0.5, 0.6) is 0 Å². The van der Waals surface area contributed by atoms with Crippen molar-refractivity contribution in [1.29, 1.82) is 0 Å². The van der Waals surface area contributed by atoms with E-state index in [1.807, 2.05) is 0 Å². The molecule has 0 saturated heterocycles. The van der Waals surface area contributed by atoms with Crippen LogP contribution >= 0.6 is 0 Å². The average Bonchev–Trinajstić information content (AvgIpc) is 2.57. The van der Waals surface area contributed by atoms with Gasteiger partial charge in [0.1, 0.15) is 0 Å². The minimum atomic E-state index is 0.0981. The summed E-state index contributed by atoms with van der Waals surface area (Å²) in [5.74, 6) is 0. The molecule has 0 nitrogen and oxygen atoms in total. The third-order valence-electron chi connectivity index (χ3n) is 4.75. The first-order valence-corrected chi connectivity index (χ1v) is 8.64. The summed E-state index contributed by atoms with van der Waals surface area (Å²) in [7, 11) is 0. The quantitative estimate of drug-likeness (QED) is 0.481. The number of hydrogen-bond donors (Lipinski definition) is 0. The number of benzene rings is 3. The molecule has 0 fully saturated rings. The SMILES string of the molecule is Cc1ccc(-c2ccc(-c3ccccc3)c(C(C)(C)C)c2)cc1C. The predicted molar refractivity (Wildman–Crippen MR) is 105 cm³/mol. The molecule has 122 valence electrons. The Morgan fingerprint density at radius 2 is 1.21 bits per heavy atom. The van der Waals surface area contributed by atoms with Crippen LogP contribution in [0, 0.1) is 13.8 Å². The van der Waals surface area contributed by atoms with Crippen LogP contribution in [-0.2, 0) is 5.41 Å². The van der Waals surface area contributed by atoms with Crippen LogP contribution in [-0.4, -0.2) is 0 Å². The molecule has 0 aromatic heterocycles. The highest BCUT2D eigenvalue weighted by Crippen LogP contribution is 2.36. The Morgan fingerprint density at radius 3 is 1.83 bits per heavy atom. The van der Waals surface area contributed by atoms with Gasteiger partial charge in [-0.3, -0.25) is 0 Å². The van der Waals surface area contributed by atoms with E-state index in [0.717, 1.165) is 0 Å². The van der Waals surface area contributed by atoms with E-state index >= 15 is 0 Å². The van der Waals surface area contributed by atoms with Gasteiger partial charge in [0.15, 0.2) is 0 Å². The standard InChI is InChI=1S/C24H26/c1-17-11-12-20(15-18(17)2)21-13-14-22(19-9-7-6-8-10-19)23(16-21)24(3,4)5/h6-16H,1-5H3. The molecule has 0 heteroatoms. The Morgan fingerprint density at radius 1 is 0.583 bits per heavy atom. The van der Waals surface area contributed by atoms with Gasteiger partial charge in [0.2, 0.25) is 0 Å². The van der Waals surface area contributed by atoms with Crippen molar-refractivity contribution in [3.63, 3.8) is 0 Å². The molecule has 3 aromatic carbocycles. The van der Waals surface area contributed by atoms with E-state index < -0.39 is 0 Å². The van der Waals surface area contributed by atoms with Gasteiger partial charge < -0.3 is 0 Å². The highest BCUT2D eigenvalue weighted by molar-refractivity contribution is 5.75. The number of hydrogen-bond acceptors (Lipinski definition) is 0. The minimum absolute atomic E-state index is 0.0981. The van der Waals surface area contributed by atoms with Crippen LogP contribution in [0.1, 0.15) is 37.5 Å². The van der Waals surface area contributed by atoms with Crippen LogP contribution in [0.2, 0.25) is 0 Å². The molecule has 0 aliphatic carbocycles. The first-order chi connectivity index (χ1) is 11.4. The monoisotopic (exact) mass is 314 g/mol. The molecule has 0 heterocycles. The Bertz CT molecular complexity index is 849. The average molecular weight is 314 g/mol. The number of rotatable bonds is 2. The van der Waals surface area contributed by atoms with Crippen molar-refractivity contribution in [2.75, 3.05) is 0 Å². The maximum atomic E-state index is 2.37. The molecule has 24 heavy (non-hydrogen) atoms. The molecule has 0 spiro atoms. The number of aryl methyl sites for hydroxylation is 2. The molecule has 3 rings (SSSR count). The summed E-state index contributed by atoms with van der Waals surface area (Å²) in [6.45, 7) is 11.2. The third kappa shape index (κ3) is 3.28. The second kappa shape index (κ2) is 6.28. The second-order valence-electron chi connectivity index (χ2n) is 7.68. The fraction of sp³-hybridized carbons (Fsp3) is 0.250. The minimum Gasteiger partial charge on any atom is -0.0622 e. The highest BCUT2D eigenvalue weighted by atomic mass is 14.2. The molecule has 0 radical (unpaired) electrons. The molecule has 0 bridgehead atoms. The lowest BCUT2D eigenvalue weighted by Gasteiger charge is -2.24. The van der Waals surface area contributed by atoms with Crippen molar-refractivity contribution >= 4 is 0 Å². The van der Waals surface area contributed by atoms with E-state index in [9.17, 15) is 0 Å². The van der Waals surface area contributed by atoms with Gasteiger partial charge in [-0.2, -0.15) is 0 Å². The second-order valence-corrected chi connectivity index (χ2v) is 7.68. The summed E-state index contributed by atoms with van der Waals surface area (Å²) >= 11 is 0. The van der Waals surface area contributed by atoms with Gasteiger partial charge in [-0.05, 0) is 58.2 Å². The Labute approximate surface area is 146 Å².